The first-order valence-electron chi connectivity index (χ1n) is 13.8. The van der Waals surface area contributed by atoms with Gasteiger partial charge in [-0.1, -0.05) is 55.8 Å². The summed E-state index contributed by atoms with van der Waals surface area (Å²) in [5.41, 5.74) is 9.56. The molecule has 1 aromatic heterocycles. The first-order chi connectivity index (χ1) is 19.3. The van der Waals surface area contributed by atoms with Gasteiger partial charge in [-0.2, -0.15) is 0 Å². The number of aliphatic imine (C=N–C) groups is 2. The van der Waals surface area contributed by atoms with Crippen molar-refractivity contribution in [3.05, 3.63) is 133 Å². The first kappa shape index (κ1) is 25.4. The highest BCUT2D eigenvalue weighted by Crippen LogP contribution is 2.37. The average molecular weight is 635 g/mol. The van der Waals surface area contributed by atoms with Gasteiger partial charge in [0, 0.05) is 37.5 Å². The normalized spacial score (nSPS) is 26.8. The summed E-state index contributed by atoms with van der Waals surface area (Å²) in [5, 5.41) is 6.04. The van der Waals surface area contributed by atoms with Crippen molar-refractivity contribution in [3.63, 3.8) is 0 Å². The number of H-pyrrole nitrogens is 1. The van der Waals surface area contributed by atoms with Crippen molar-refractivity contribution >= 4 is 51.2 Å². The standard InChI is InChI=1S/C35H31IN4/c1-21-4-6-22(7-5-21)33-29-15-13-26(38-29)19-32-35(2,3)20-27(39-32)18-25-12-14-28(37-25)34(31-17-16-30(33)40-31)23-8-10-24(36)11-9-23/h4-19,27,32,37,39H,20H2,1-3H3/b25-18-,26-19-,33-30-,34-28?. The van der Waals surface area contributed by atoms with E-state index in [1.807, 2.05) is 0 Å². The lowest BCUT2D eigenvalue weighted by atomic mass is 9.83. The highest BCUT2D eigenvalue weighted by molar-refractivity contribution is 14.1. The molecular formula is C35H31IN4. The van der Waals surface area contributed by atoms with Crippen LogP contribution in [0, 0.1) is 15.9 Å². The second kappa shape index (κ2) is 9.82. The van der Waals surface area contributed by atoms with E-state index >= 15 is 0 Å². The molecule has 2 N–H and O–H groups in total. The van der Waals surface area contributed by atoms with Gasteiger partial charge < -0.3 is 10.3 Å². The van der Waals surface area contributed by atoms with Gasteiger partial charge in [0.2, 0.25) is 0 Å². The highest BCUT2D eigenvalue weighted by Gasteiger charge is 2.38. The number of aryl methyl sites for hydroxylation is 1. The topological polar surface area (TPSA) is 52.5 Å². The van der Waals surface area contributed by atoms with Gasteiger partial charge in [0.15, 0.2) is 0 Å². The quantitative estimate of drug-likeness (QED) is 0.335. The van der Waals surface area contributed by atoms with Crippen molar-refractivity contribution in [1.82, 2.24) is 10.3 Å². The molecular weight excluding hydrogens is 603 g/mol. The third-order valence-electron chi connectivity index (χ3n) is 8.22. The zero-order valence-electron chi connectivity index (χ0n) is 22.9. The number of halogens is 1. The molecule has 2 unspecified atom stereocenters. The molecule has 3 aromatic rings. The van der Waals surface area contributed by atoms with Gasteiger partial charge in [0.05, 0.1) is 22.8 Å². The predicted octanol–water partition coefficient (Wildman–Crippen LogP) is 5.99. The molecule has 7 rings (SSSR count). The number of benzene rings is 2. The molecule has 1 saturated heterocycles. The molecule has 0 amide bonds. The molecule has 2 atom stereocenters. The van der Waals surface area contributed by atoms with E-state index in [1.54, 1.807) is 0 Å². The lowest BCUT2D eigenvalue weighted by Crippen LogP contribution is -2.33. The van der Waals surface area contributed by atoms with Crippen LogP contribution in [0.1, 0.15) is 37.0 Å². The number of fused-ring (bicyclic) bond motifs is 6. The fourth-order valence-electron chi connectivity index (χ4n) is 6.09. The third kappa shape index (κ3) is 4.71. The van der Waals surface area contributed by atoms with E-state index in [9.17, 15) is 0 Å². The van der Waals surface area contributed by atoms with Crippen LogP contribution < -0.4 is 16.0 Å². The maximum absolute atomic E-state index is 5.26. The Morgan fingerprint density at radius 1 is 0.775 bits per heavy atom. The van der Waals surface area contributed by atoms with Gasteiger partial charge in [-0.05, 0) is 113 Å². The van der Waals surface area contributed by atoms with Crippen LogP contribution in [0.5, 0.6) is 0 Å². The molecule has 0 aliphatic carbocycles. The largest absolute Gasteiger partial charge is 0.355 e. The van der Waals surface area contributed by atoms with Gasteiger partial charge in [-0.3, -0.25) is 0 Å². The summed E-state index contributed by atoms with van der Waals surface area (Å²) in [6, 6.07) is 22.2. The summed E-state index contributed by atoms with van der Waals surface area (Å²) in [6.45, 7) is 6.80. The van der Waals surface area contributed by atoms with Gasteiger partial charge in [0.1, 0.15) is 0 Å². The highest BCUT2D eigenvalue weighted by atomic mass is 127. The molecule has 4 aliphatic heterocycles. The molecule has 0 radical (unpaired) electrons. The van der Waals surface area contributed by atoms with Crippen LogP contribution in [-0.2, 0) is 0 Å². The minimum atomic E-state index is 0.105. The predicted molar refractivity (Wildman–Crippen MR) is 175 cm³/mol. The van der Waals surface area contributed by atoms with Crippen molar-refractivity contribution in [1.29, 1.82) is 0 Å². The molecule has 5 heteroatoms. The zero-order chi connectivity index (χ0) is 27.4. The zero-order valence-corrected chi connectivity index (χ0v) is 25.0. The van der Waals surface area contributed by atoms with E-state index in [4.69, 9.17) is 9.98 Å². The Balaban J connectivity index is 1.51. The van der Waals surface area contributed by atoms with Gasteiger partial charge in [0.25, 0.3) is 0 Å². The van der Waals surface area contributed by atoms with Crippen molar-refractivity contribution in [3.8, 4) is 0 Å². The van der Waals surface area contributed by atoms with E-state index in [0.29, 0.717) is 0 Å². The van der Waals surface area contributed by atoms with E-state index in [2.05, 4.69) is 151 Å². The fourth-order valence-corrected chi connectivity index (χ4v) is 6.45. The number of aromatic nitrogens is 1. The lowest BCUT2D eigenvalue weighted by Gasteiger charge is -2.23. The lowest BCUT2D eigenvalue weighted by molar-refractivity contribution is 0.355. The van der Waals surface area contributed by atoms with E-state index in [-0.39, 0.29) is 17.5 Å². The summed E-state index contributed by atoms with van der Waals surface area (Å²) < 4.78 is 1.21. The fraction of sp³-hybridized carbons (Fsp3) is 0.200. The van der Waals surface area contributed by atoms with E-state index in [1.165, 1.54) is 9.13 Å². The molecule has 4 nitrogen and oxygen atoms in total. The Labute approximate surface area is 248 Å². The van der Waals surface area contributed by atoms with Crippen LogP contribution >= 0.6 is 22.6 Å². The summed E-state index contributed by atoms with van der Waals surface area (Å²) in [7, 11) is 0. The minimum absolute atomic E-state index is 0.105. The number of aromatic amines is 1. The smallest absolute Gasteiger partial charge is 0.0738 e. The first-order valence-corrected chi connectivity index (χ1v) is 14.9. The number of rotatable bonds is 2. The Hall–Kier alpha value is -3.55. The van der Waals surface area contributed by atoms with Crippen molar-refractivity contribution in [2.24, 2.45) is 15.4 Å². The maximum atomic E-state index is 5.26. The molecule has 5 heterocycles. The number of nitrogens with one attached hydrogen (secondary N) is 2. The van der Waals surface area contributed by atoms with E-state index in [0.717, 1.165) is 62.2 Å². The molecule has 1 fully saturated rings. The molecule has 40 heavy (non-hydrogen) atoms. The second-order valence-corrected chi connectivity index (χ2v) is 12.9. The Bertz CT molecular complexity index is 1820. The second-order valence-electron chi connectivity index (χ2n) is 11.7. The van der Waals surface area contributed by atoms with Crippen LogP contribution in [-0.4, -0.2) is 28.5 Å². The summed E-state index contributed by atoms with van der Waals surface area (Å²) in [6.07, 6.45) is 14.2. The van der Waals surface area contributed by atoms with Gasteiger partial charge >= 0.3 is 0 Å². The van der Waals surface area contributed by atoms with Crippen molar-refractivity contribution in [2.75, 3.05) is 0 Å². The summed E-state index contributed by atoms with van der Waals surface area (Å²) >= 11 is 2.36. The Morgan fingerprint density at radius 2 is 1.48 bits per heavy atom. The molecule has 0 spiro atoms. The van der Waals surface area contributed by atoms with Crippen LogP contribution in [0.2, 0.25) is 0 Å². The van der Waals surface area contributed by atoms with Gasteiger partial charge in [-0.25, -0.2) is 9.98 Å². The number of hydrogen-bond acceptors (Lipinski definition) is 3. The van der Waals surface area contributed by atoms with Crippen LogP contribution in [0.15, 0.2) is 112 Å². The van der Waals surface area contributed by atoms with Crippen molar-refractivity contribution < 1.29 is 0 Å². The number of hydrogen-bond donors (Lipinski definition) is 2. The third-order valence-corrected chi connectivity index (χ3v) is 8.94. The molecule has 198 valence electrons. The average Bonchev–Trinajstić information content (AvgIpc) is 3.72. The summed E-state index contributed by atoms with van der Waals surface area (Å²) in [5.74, 6) is 0. The minimum Gasteiger partial charge on any atom is -0.355 e. The Kier molecular flexibility index (Phi) is 6.24. The number of allylic oxidation sites excluding steroid dienone is 5. The monoisotopic (exact) mass is 634 g/mol. The van der Waals surface area contributed by atoms with Crippen LogP contribution in [0.3, 0.4) is 0 Å². The molecule has 4 aliphatic rings. The van der Waals surface area contributed by atoms with Crippen LogP contribution in [0.25, 0.3) is 17.2 Å². The van der Waals surface area contributed by atoms with Crippen LogP contribution in [0.4, 0.5) is 0 Å². The van der Waals surface area contributed by atoms with E-state index < -0.39 is 0 Å². The number of nitrogens with zero attached hydrogens (tertiary/aromatic N) is 2. The Morgan fingerprint density at radius 3 is 2.27 bits per heavy atom. The van der Waals surface area contributed by atoms with Crippen molar-refractivity contribution in [2.45, 2.75) is 39.3 Å². The molecule has 2 aromatic carbocycles. The summed E-state index contributed by atoms with van der Waals surface area (Å²) in [4.78, 5) is 14.1. The maximum Gasteiger partial charge on any atom is 0.0738 e. The molecule has 0 saturated carbocycles. The SMILES string of the molecule is Cc1ccc(/C2=C3\C=CC(=N3)C(c3ccc(I)cc3)=c3cc/c([nH]3)=C/C3CC(C)(C)C(/C=C4/C=CC2=N4)N3)cc1. The van der Waals surface area contributed by atoms with Gasteiger partial charge in [-0.15, -0.1) is 0 Å². The molecule has 8 bridgehead atoms.